The number of nitrogens with zero attached hydrogens (tertiary/aromatic N) is 3. The Morgan fingerprint density at radius 3 is 2.60 bits per heavy atom. The van der Waals surface area contributed by atoms with E-state index in [1.165, 1.54) is 31.5 Å². The fourth-order valence-corrected chi connectivity index (χ4v) is 4.76. The normalized spacial score (nSPS) is 21.4. The second-order valence-corrected chi connectivity index (χ2v) is 8.36. The minimum Gasteiger partial charge on any atom is -0.370 e. The van der Waals surface area contributed by atoms with E-state index in [0.29, 0.717) is 23.5 Å². The molecule has 2 atom stereocenters. The van der Waals surface area contributed by atoms with Gasteiger partial charge < -0.3 is 15.5 Å². The molecule has 0 aliphatic carbocycles. The van der Waals surface area contributed by atoms with E-state index in [0.717, 1.165) is 24.3 Å². The van der Waals surface area contributed by atoms with Crippen LogP contribution in [0.2, 0.25) is 0 Å². The zero-order valence-electron chi connectivity index (χ0n) is 17.7. The van der Waals surface area contributed by atoms with Gasteiger partial charge in [0.05, 0.1) is 6.57 Å². The van der Waals surface area contributed by atoms with Crippen molar-refractivity contribution in [1.82, 2.24) is 4.90 Å². The zero-order chi connectivity index (χ0) is 21.1. The average Bonchev–Trinajstić information content (AvgIpc) is 3.37. The molecule has 6 nitrogen and oxygen atoms in total. The van der Waals surface area contributed by atoms with E-state index in [1.54, 1.807) is 24.3 Å². The molecule has 2 saturated heterocycles. The Balaban J connectivity index is 1.37. The number of carbonyl (C=O) groups excluding carboxylic acids is 1. The van der Waals surface area contributed by atoms with E-state index in [2.05, 4.69) is 45.2 Å². The molecule has 2 heterocycles. The second-order valence-electron chi connectivity index (χ2n) is 8.36. The van der Waals surface area contributed by atoms with Gasteiger partial charge in [0.2, 0.25) is 0 Å². The van der Waals surface area contributed by atoms with Crippen molar-refractivity contribution in [2.24, 2.45) is 0 Å². The van der Waals surface area contributed by atoms with Crippen molar-refractivity contribution in [2.45, 2.75) is 45.2 Å². The Morgan fingerprint density at radius 1 is 1.10 bits per heavy atom. The largest absolute Gasteiger partial charge is 0.370 e. The number of hydrogen-bond donors (Lipinski definition) is 2. The molecule has 2 aromatic rings. The van der Waals surface area contributed by atoms with Gasteiger partial charge in [-0.3, -0.25) is 4.90 Å². The van der Waals surface area contributed by atoms with Gasteiger partial charge in [-0.25, -0.2) is 9.64 Å². The predicted molar refractivity (Wildman–Crippen MR) is 123 cm³/mol. The minimum atomic E-state index is -0.312. The SMILES string of the molecule is [C-]#[N+]c1cccc(NC(=O)Nc2ccc(N3CCC(N4CCCC4C)C3)c(C)c2)c1. The molecule has 6 heteroatoms. The molecule has 2 unspecified atom stereocenters. The number of rotatable bonds is 4. The number of aryl methyl sites for hydroxylation is 1. The molecular formula is C24H29N5O. The van der Waals surface area contributed by atoms with Gasteiger partial charge in [0, 0.05) is 42.2 Å². The summed E-state index contributed by atoms with van der Waals surface area (Å²) in [5, 5.41) is 5.68. The van der Waals surface area contributed by atoms with Crippen LogP contribution >= 0.6 is 0 Å². The Bertz CT molecular complexity index is 966. The number of benzene rings is 2. The first kappa shape index (κ1) is 20.2. The standard InChI is InChI=1S/C24H29N5O/c1-17-14-21(27-24(30)26-20-8-4-7-19(15-20)25-3)9-10-23(17)28-13-11-22(16-28)29-12-5-6-18(29)2/h4,7-10,14-15,18,22H,5-6,11-13,16H2,1-2H3,(H2,26,27,30). The van der Waals surface area contributed by atoms with Crippen LogP contribution in [0.15, 0.2) is 42.5 Å². The maximum absolute atomic E-state index is 12.3. The van der Waals surface area contributed by atoms with Crippen LogP contribution < -0.4 is 15.5 Å². The number of urea groups is 1. The average molecular weight is 404 g/mol. The lowest BCUT2D eigenvalue weighted by molar-refractivity contribution is 0.204. The van der Waals surface area contributed by atoms with E-state index < -0.39 is 0 Å². The molecule has 4 rings (SSSR count). The third-order valence-electron chi connectivity index (χ3n) is 6.27. The molecule has 2 fully saturated rings. The van der Waals surface area contributed by atoms with Gasteiger partial charge in [-0.15, -0.1) is 0 Å². The first-order chi connectivity index (χ1) is 14.5. The fourth-order valence-electron chi connectivity index (χ4n) is 4.76. The third kappa shape index (κ3) is 4.42. The van der Waals surface area contributed by atoms with Crippen molar-refractivity contribution in [1.29, 1.82) is 0 Å². The summed E-state index contributed by atoms with van der Waals surface area (Å²) in [5.74, 6) is 0. The summed E-state index contributed by atoms with van der Waals surface area (Å²) in [6, 6.07) is 14.0. The van der Waals surface area contributed by atoms with Crippen molar-refractivity contribution in [3.63, 3.8) is 0 Å². The van der Waals surface area contributed by atoms with Crippen molar-refractivity contribution in [3.8, 4) is 0 Å². The van der Waals surface area contributed by atoms with Gasteiger partial charge in [0.15, 0.2) is 5.69 Å². The summed E-state index contributed by atoms with van der Waals surface area (Å²) in [5.41, 5.74) is 4.28. The Hall–Kier alpha value is -3.04. The lowest BCUT2D eigenvalue weighted by atomic mass is 10.1. The molecule has 156 valence electrons. The van der Waals surface area contributed by atoms with E-state index in [-0.39, 0.29) is 6.03 Å². The van der Waals surface area contributed by atoms with E-state index in [1.807, 2.05) is 12.1 Å². The summed E-state index contributed by atoms with van der Waals surface area (Å²) in [6.07, 6.45) is 3.86. The van der Waals surface area contributed by atoms with Crippen LogP contribution in [0.25, 0.3) is 4.85 Å². The van der Waals surface area contributed by atoms with Crippen LogP contribution in [0.1, 0.15) is 31.7 Å². The molecule has 2 aliphatic heterocycles. The summed E-state index contributed by atoms with van der Waals surface area (Å²) in [4.78, 5) is 20.9. The molecular weight excluding hydrogens is 374 g/mol. The number of hydrogen-bond acceptors (Lipinski definition) is 3. The van der Waals surface area contributed by atoms with Gasteiger partial charge in [0.1, 0.15) is 0 Å². The lowest BCUT2D eigenvalue weighted by Gasteiger charge is -2.29. The number of nitrogens with one attached hydrogen (secondary N) is 2. The molecule has 0 aromatic heterocycles. The highest BCUT2D eigenvalue weighted by molar-refractivity contribution is 6.00. The van der Waals surface area contributed by atoms with Crippen molar-refractivity contribution in [3.05, 3.63) is 59.4 Å². The Labute approximate surface area is 178 Å². The van der Waals surface area contributed by atoms with Crippen LogP contribution in [-0.4, -0.2) is 42.6 Å². The zero-order valence-corrected chi connectivity index (χ0v) is 17.7. The highest BCUT2D eigenvalue weighted by Crippen LogP contribution is 2.31. The quantitative estimate of drug-likeness (QED) is 0.685. The molecule has 30 heavy (non-hydrogen) atoms. The molecule has 2 amide bonds. The summed E-state index contributed by atoms with van der Waals surface area (Å²) >= 11 is 0. The Morgan fingerprint density at radius 2 is 1.90 bits per heavy atom. The van der Waals surface area contributed by atoms with Gasteiger partial charge >= 0.3 is 6.03 Å². The van der Waals surface area contributed by atoms with Gasteiger partial charge in [-0.1, -0.05) is 12.1 Å². The molecule has 2 N–H and O–H groups in total. The maximum atomic E-state index is 12.3. The van der Waals surface area contributed by atoms with Crippen LogP contribution in [-0.2, 0) is 0 Å². The number of carbonyl (C=O) groups is 1. The molecule has 2 aromatic carbocycles. The fraction of sp³-hybridized carbons (Fsp3) is 0.417. The van der Waals surface area contributed by atoms with Crippen LogP contribution in [0.5, 0.6) is 0 Å². The molecule has 0 radical (unpaired) electrons. The number of amides is 2. The Kier molecular flexibility index (Phi) is 5.91. The summed E-state index contributed by atoms with van der Waals surface area (Å²) in [6.45, 7) is 14.9. The third-order valence-corrected chi connectivity index (χ3v) is 6.27. The van der Waals surface area contributed by atoms with Gasteiger partial charge in [-0.2, -0.15) is 0 Å². The molecule has 0 saturated carbocycles. The number of anilines is 3. The van der Waals surface area contributed by atoms with E-state index >= 15 is 0 Å². The highest BCUT2D eigenvalue weighted by Gasteiger charge is 2.33. The van der Waals surface area contributed by atoms with E-state index in [4.69, 9.17) is 6.57 Å². The lowest BCUT2D eigenvalue weighted by Crippen LogP contribution is -2.39. The highest BCUT2D eigenvalue weighted by atomic mass is 16.2. The van der Waals surface area contributed by atoms with Crippen molar-refractivity contribution in [2.75, 3.05) is 35.2 Å². The van der Waals surface area contributed by atoms with Crippen LogP contribution in [0, 0.1) is 13.5 Å². The van der Waals surface area contributed by atoms with Crippen LogP contribution in [0.3, 0.4) is 0 Å². The van der Waals surface area contributed by atoms with Crippen LogP contribution in [0.4, 0.5) is 27.5 Å². The first-order valence-electron chi connectivity index (χ1n) is 10.7. The summed E-state index contributed by atoms with van der Waals surface area (Å²) < 4.78 is 0. The maximum Gasteiger partial charge on any atom is 0.323 e. The van der Waals surface area contributed by atoms with Gasteiger partial charge in [0.25, 0.3) is 0 Å². The second kappa shape index (κ2) is 8.76. The summed E-state index contributed by atoms with van der Waals surface area (Å²) in [7, 11) is 0. The monoisotopic (exact) mass is 403 g/mol. The predicted octanol–water partition coefficient (Wildman–Crippen LogP) is 5.25. The number of likely N-dealkylation sites (tertiary alicyclic amines) is 1. The van der Waals surface area contributed by atoms with Crippen molar-refractivity contribution >= 4 is 28.8 Å². The smallest absolute Gasteiger partial charge is 0.323 e. The molecule has 2 aliphatic rings. The van der Waals surface area contributed by atoms with Gasteiger partial charge in [-0.05, 0) is 75.5 Å². The van der Waals surface area contributed by atoms with E-state index in [9.17, 15) is 4.79 Å². The minimum absolute atomic E-state index is 0.312. The molecule has 0 bridgehead atoms. The molecule has 0 spiro atoms. The van der Waals surface area contributed by atoms with Crippen molar-refractivity contribution < 1.29 is 4.79 Å². The first-order valence-corrected chi connectivity index (χ1v) is 10.7. The topological polar surface area (TPSA) is 52.0 Å².